The average molecular weight is 749 g/mol. The van der Waals surface area contributed by atoms with E-state index in [1.807, 2.05) is 97.1 Å². The number of pyridine rings is 2. The van der Waals surface area contributed by atoms with Crippen LogP contribution < -0.4 is 0 Å². The number of aromatic hydroxyl groups is 2. The van der Waals surface area contributed by atoms with Crippen LogP contribution in [0.2, 0.25) is 0 Å². The number of aliphatic hydroxyl groups is 2. The number of benzene rings is 4. The minimum atomic E-state index is -1.08. The van der Waals surface area contributed by atoms with E-state index in [4.69, 9.17) is 9.97 Å². The standard InChI is InChI=1S/C50H56N2O4/c1-29(2)39-23-21-31(5)27-49(39,55)43-19-11-17-41(51-43)37-25-33-13-7-9-15-35(33)45(47(37)53)46-36-16-10-8-14-34(36)26-38(48(46)54)42-18-12-20-44(52-42)50(56)28-32(6)22-24-40(50)30(3)4/h7-20,25-26,29-32,39-40,53-56H,21-24,27-28H2,1-6H3/t31-,32-,39+,40+,49+,50+/m1/s1. The molecule has 0 radical (unpaired) electrons. The molecule has 0 saturated heterocycles. The second-order valence-electron chi connectivity index (χ2n) is 17.9. The molecular formula is C50H56N2O4. The molecule has 0 amide bonds. The molecule has 0 unspecified atom stereocenters. The van der Waals surface area contributed by atoms with Crippen LogP contribution in [0.5, 0.6) is 11.5 Å². The predicted octanol–water partition coefficient (Wildman–Crippen LogP) is 11.8. The maximum Gasteiger partial charge on any atom is 0.133 e. The Bertz CT molecular complexity index is 2250. The van der Waals surface area contributed by atoms with Crippen LogP contribution in [0, 0.1) is 35.5 Å². The molecule has 290 valence electrons. The number of fused-ring (bicyclic) bond motifs is 2. The van der Waals surface area contributed by atoms with Gasteiger partial charge in [0.25, 0.3) is 0 Å². The lowest BCUT2D eigenvalue weighted by molar-refractivity contribution is -0.0899. The van der Waals surface area contributed by atoms with Crippen LogP contribution in [-0.4, -0.2) is 30.4 Å². The smallest absolute Gasteiger partial charge is 0.133 e. The topological polar surface area (TPSA) is 107 Å². The van der Waals surface area contributed by atoms with E-state index in [1.165, 1.54) is 0 Å². The predicted molar refractivity (Wildman–Crippen MR) is 227 cm³/mol. The zero-order valence-electron chi connectivity index (χ0n) is 33.6. The molecule has 6 heteroatoms. The Balaban J connectivity index is 1.33. The van der Waals surface area contributed by atoms with Gasteiger partial charge in [0, 0.05) is 22.3 Å². The molecule has 4 aromatic carbocycles. The highest BCUT2D eigenvalue weighted by Crippen LogP contribution is 2.53. The van der Waals surface area contributed by atoms with Crippen molar-refractivity contribution in [1.82, 2.24) is 9.97 Å². The van der Waals surface area contributed by atoms with Crippen LogP contribution in [0.1, 0.15) is 91.5 Å². The number of nitrogens with zero attached hydrogens (tertiary/aromatic N) is 2. The van der Waals surface area contributed by atoms with E-state index in [1.54, 1.807) is 0 Å². The van der Waals surface area contributed by atoms with Gasteiger partial charge in [0.2, 0.25) is 0 Å². The lowest BCUT2D eigenvalue weighted by Crippen LogP contribution is -2.43. The molecule has 2 fully saturated rings. The van der Waals surface area contributed by atoms with Crippen molar-refractivity contribution in [3.8, 4) is 45.1 Å². The first-order valence-electron chi connectivity index (χ1n) is 20.7. The van der Waals surface area contributed by atoms with Crippen molar-refractivity contribution in [1.29, 1.82) is 0 Å². The Morgan fingerprint density at radius 1 is 0.536 bits per heavy atom. The van der Waals surface area contributed by atoms with E-state index in [0.717, 1.165) is 47.2 Å². The highest BCUT2D eigenvalue weighted by Gasteiger charge is 2.46. The summed E-state index contributed by atoms with van der Waals surface area (Å²) in [4.78, 5) is 10.3. The molecule has 0 aliphatic heterocycles. The molecule has 0 bridgehead atoms. The summed E-state index contributed by atoms with van der Waals surface area (Å²) >= 11 is 0. The summed E-state index contributed by atoms with van der Waals surface area (Å²) in [7, 11) is 0. The SMILES string of the molecule is CC(C)[C@@H]1CC[C@@H](C)C[C@@]1(O)c1cccc(-c2cc3ccccc3c(-c3c(O)c(-c4cccc([C@]5(O)C[C@H](C)CC[C@H]5C(C)C)n4)cc4ccccc34)c2O)n1. The van der Waals surface area contributed by atoms with Crippen molar-refractivity contribution in [2.75, 3.05) is 0 Å². The van der Waals surface area contributed by atoms with E-state index in [2.05, 4.69) is 41.5 Å². The van der Waals surface area contributed by atoms with Crippen molar-refractivity contribution < 1.29 is 20.4 Å². The third kappa shape index (κ3) is 6.45. The Morgan fingerprint density at radius 2 is 0.929 bits per heavy atom. The first kappa shape index (κ1) is 38.1. The second-order valence-corrected chi connectivity index (χ2v) is 17.9. The van der Waals surface area contributed by atoms with Gasteiger partial charge in [-0.25, -0.2) is 9.97 Å². The number of rotatable bonds is 7. The fourth-order valence-corrected chi connectivity index (χ4v) is 10.6. The van der Waals surface area contributed by atoms with Gasteiger partial charge in [0.05, 0.1) is 22.8 Å². The number of phenolic OH excluding ortho intramolecular Hbond substituents is 2. The van der Waals surface area contributed by atoms with Crippen molar-refractivity contribution >= 4 is 21.5 Å². The monoisotopic (exact) mass is 748 g/mol. The van der Waals surface area contributed by atoms with Crippen molar-refractivity contribution in [3.63, 3.8) is 0 Å². The van der Waals surface area contributed by atoms with Gasteiger partial charge < -0.3 is 20.4 Å². The second kappa shape index (κ2) is 14.6. The van der Waals surface area contributed by atoms with E-state index in [9.17, 15) is 20.4 Å². The number of phenols is 2. The van der Waals surface area contributed by atoms with Gasteiger partial charge in [-0.3, -0.25) is 0 Å². The minimum Gasteiger partial charge on any atom is -0.507 e. The zero-order valence-corrected chi connectivity index (χ0v) is 33.6. The highest BCUT2D eigenvalue weighted by molar-refractivity contribution is 6.13. The normalized spacial score (nSPS) is 25.7. The molecule has 2 aliphatic carbocycles. The molecule has 8 rings (SSSR count). The fraction of sp³-hybridized carbons (Fsp3) is 0.400. The fourth-order valence-electron chi connectivity index (χ4n) is 10.6. The lowest BCUT2D eigenvalue weighted by Gasteiger charge is -2.44. The minimum absolute atomic E-state index is 0.00218. The summed E-state index contributed by atoms with van der Waals surface area (Å²) in [5.41, 5.74) is 2.26. The summed E-state index contributed by atoms with van der Waals surface area (Å²) in [6.45, 7) is 13.1. The lowest BCUT2D eigenvalue weighted by atomic mass is 9.65. The van der Waals surface area contributed by atoms with Crippen LogP contribution in [0.15, 0.2) is 97.1 Å². The Labute approximate surface area is 331 Å². The van der Waals surface area contributed by atoms with Gasteiger partial charge >= 0.3 is 0 Å². The first-order valence-corrected chi connectivity index (χ1v) is 20.7. The Morgan fingerprint density at radius 3 is 1.32 bits per heavy atom. The largest absolute Gasteiger partial charge is 0.507 e. The molecule has 56 heavy (non-hydrogen) atoms. The van der Waals surface area contributed by atoms with Crippen molar-refractivity contribution in [2.24, 2.45) is 35.5 Å². The molecule has 6 nitrogen and oxygen atoms in total. The Kier molecular flexibility index (Phi) is 9.95. The van der Waals surface area contributed by atoms with Gasteiger partial charge in [0.15, 0.2) is 0 Å². The summed E-state index contributed by atoms with van der Waals surface area (Å²) in [6.07, 6.45) is 5.30. The summed E-state index contributed by atoms with van der Waals surface area (Å²) in [5.74, 6) is 1.44. The van der Waals surface area contributed by atoms with Gasteiger partial charge in [-0.15, -0.1) is 0 Å². The average Bonchev–Trinajstić information content (AvgIpc) is 3.17. The third-order valence-electron chi connectivity index (χ3n) is 13.3. The van der Waals surface area contributed by atoms with E-state index >= 15 is 0 Å². The molecular weight excluding hydrogens is 693 g/mol. The summed E-state index contributed by atoms with van der Waals surface area (Å²) in [6, 6.07) is 31.2. The van der Waals surface area contributed by atoms with Gasteiger partial charge in [-0.1, -0.05) is 115 Å². The van der Waals surface area contributed by atoms with E-state index < -0.39 is 11.2 Å². The van der Waals surface area contributed by atoms with E-state index in [0.29, 0.717) is 69.7 Å². The molecule has 2 saturated carbocycles. The molecule has 6 aromatic rings. The number of hydrogen-bond donors (Lipinski definition) is 4. The molecule has 4 N–H and O–H groups in total. The molecule has 2 aliphatic rings. The van der Waals surface area contributed by atoms with Crippen LogP contribution in [0.25, 0.3) is 55.2 Å². The summed E-state index contributed by atoms with van der Waals surface area (Å²) in [5, 5.41) is 53.2. The van der Waals surface area contributed by atoms with Gasteiger partial charge in [-0.05, 0) is 119 Å². The van der Waals surface area contributed by atoms with Crippen molar-refractivity contribution in [2.45, 2.75) is 91.3 Å². The Hall–Kier alpha value is -4.78. The number of hydrogen-bond acceptors (Lipinski definition) is 6. The van der Waals surface area contributed by atoms with Crippen LogP contribution >= 0.6 is 0 Å². The molecule has 0 spiro atoms. The van der Waals surface area contributed by atoms with Crippen molar-refractivity contribution in [3.05, 3.63) is 108 Å². The molecule has 6 atom stereocenters. The molecule has 2 aromatic heterocycles. The maximum atomic E-state index is 12.6. The maximum absolute atomic E-state index is 12.6. The van der Waals surface area contributed by atoms with Crippen LogP contribution in [0.4, 0.5) is 0 Å². The zero-order chi connectivity index (χ0) is 39.5. The molecule has 2 heterocycles. The highest BCUT2D eigenvalue weighted by atomic mass is 16.3. The third-order valence-corrected chi connectivity index (χ3v) is 13.3. The van der Waals surface area contributed by atoms with Gasteiger partial charge in [0.1, 0.15) is 22.7 Å². The number of aromatic nitrogens is 2. The first-order chi connectivity index (χ1) is 26.8. The van der Waals surface area contributed by atoms with Crippen LogP contribution in [-0.2, 0) is 11.2 Å². The van der Waals surface area contributed by atoms with Gasteiger partial charge in [-0.2, -0.15) is 0 Å². The quantitative estimate of drug-likeness (QED) is 0.129. The van der Waals surface area contributed by atoms with Crippen LogP contribution in [0.3, 0.4) is 0 Å². The summed E-state index contributed by atoms with van der Waals surface area (Å²) < 4.78 is 0. The van der Waals surface area contributed by atoms with E-state index in [-0.39, 0.29) is 35.2 Å².